The van der Waals surface area contributed by atoms with E-state index in [0.717, 1.165) is 29.4 Å². The number of fused-ring (bicyclic) bond motifs is 1. The molecule has 0 unspecified atom stereocenters. The van der Waals surface area contributed by atoms with Gasteiger partial charge < -0.3 is 14.6 Å². The van der Waals surface area contributed by atoms with E-state index in [-0.39, 0.29) is 23.7 Å². The summed E-state index contributed by atoms with van der Waals surface area (Å²) >= 11 is 0. The van der Waals surface area contributed by atoms with Crippen molar-refractivity contribution in [3.8, 4) is 0 Å². The average Bonchev–Trinajstić information content (AvgIpc) is 3.34. The van der Waals surface area contributed by atoms with Gasteiger partial charge in [-0.05, 0) is 49.2 Å². The molecule has 1 fully saturated rings. The standard InChI is InChI=1S/C24H26N2O3/c1-3-29-24(28)21-15-18-13-16(9-10-20(18)26(21)2)14-22(27)23-19(11-12-25-23)17-7-5-4-6-8-17/h4-10,13,15,19,23,25H,3,11-12,14H2,1-2H3/t19-,23-/m0/s1. The molecule has 0 amide bonds. The van der Waals surface area contributed by atoms with E-state index in [4.69, 9.17) is 4.74 Å². The summed E-state index contributed by atoms with van der Waals surface area (Å²) in [7, 11) is 1.85. The molecule has 1 aliphatic heterocycles. The highest BCUT2D eigenvalue weighted by Gasteiger charge is 2.33. The van der Waals surface area contributed by atoms with Gasteiger partial charge in [-0.2, -0.15) is 0 Å². The number of hydrogen-bond donors (Lipinski definition) is 1. The number of carbonyl (C=O) groups is 2. The Balaban J connectivity index is 1.54. The van der Waals surface area contributed by atoms with Crippen LogP contribution in [0.5, 0.6) is 0 Å². The molecule has 29 heavy (non-hydrogen) atoms. The molecule has 2 aromatic carbocycles. The zero-order valence-corrected chi connectivity index (χ0v) is 16.9. The largest absolute Gasteiger partial charge is 0.461 e. The van der Waals surface area contributed by atoms with Gasteiger partial charge in [0.2, 0.25) is 0 Å². The van der Waals surface area contributed by atoms with Crippen molar-refractivity contribution in [3.05, 3.63) is 71.4 Å². The van der Waals surface area contributed by atoms with Crippen molar-refractivity contribution in [2.24, 2.45) is 7.05 Å². The summed E-state index contributed by atoms with van der Waals surface area (Å²) in [5, 5.41) is 4.33. The first kappa shape index (κ1) is 19.4. The maximum Gasteiger partial charge on any atom is 0.354 e. The Labute approximate surface area is 170 Å². The Hall–Kier alpha value is -2.92. The van der Waals surface area contributed by atoms with Gasteiger partial charge >= 0.3 is 5.97 Å². The number of aromatic nitrogens is 1. The number of hydrogen-bond acceptors (Lipinski definition) is 4. The fourth-order valence-corrected chi connectivity index (χ4v) is 4.32. The normalized spacial score (nSPS) is 18.8. The Morgan fingerprint density at radius 3 is 2.69 bits per heavy atom. The number of rotatable bonds is 6. The van der Waals surface area contributed by atoms with Gasteiger partial charge in [-0.15, -0.1) is 0 Å². The number of ketones is 1. The van der Waals surface area contributed by atoms with Crippen LogP contribution in [0.1, 0.15) is 40.9 Å². The number of carbonyl (C=O) groups excluding carboxylic acids is 2. The minimum Gasteiger partial charge on any atom is -0.461 e. The molecule has 5 nitrogen and oxygen atoms in total. The Bertz CT molecular complexity index is 1040. The minimum atomic E-state index is -0.329. The summed E-state index contributed by atoms with van der Waals surface area (Å²) in [5.41, 5.74) is 3.65. The van der Waals surface area contributed by atoms with Gasteiger partial charge in [-0.3, -0.25) is 4.79 Å². The molecule has 5 heteroatoms. The minimum absolute atomic E-state index is 0.154. The second-order valence-electron chi connectivity index (χ2n) is 7.58. The lowest BCUT2D eigenvalue weighted by molar-refractivity contribution is -0.120. The fraction of sp³-hybridized carbons (Fsp3) is 0.333. The van der Waals surface area contributed by atoms with Crippen LogP contribution in [0.2, 0.25) is 0 Å². The van der Waals surface area contributed by atoms with Crippen LogP contribution in [0.4, 0.5) is 0 Å². The average molecular weight is 390 g/mol. The summed E-state index contributed by atoms with van der Waals surface area (Å²) in [4.78, 5) is 25.2. The smallest absolute Gasteiger partial charge is 0.354 e. The van der Waals surface area contributed by atoms with E-state index in [1.807, 2.05) is 54.1 Å². The molecule has 2 heterocycles. The van der Waals surface area contributed by atoms with Crippen LogP contribution in [0.15, 0.2) is 54.6 Å². The first-order valence-electron chi connectivity index (χ1n) is 10.1. The predicted octanol–water partition coefficient (Wildman–Crippen LogP) is 3.61. The highest BCUT2D eigenvalue weighted by Crippen LogP contribution is 2.29. The number of Topliss-reactive ketones (excluding diaryl/α,β-unsaturated/α-hetero) is 1. The monoisotopic (exact) mass is 390 g/mol. The molecule has 0 saturated carbocycles. The molecule has 1 aromatic heterocycles. The highest BCUT2D eigenvalue weighted by atomic mass is 16.5. The van der Waals surface area contributed by atoms with Crippen molar-refractivity contribution in [2.75, 3.05) is 13.2 Å². The van der Waals surface area contributed by atoms with Crippen molar-refractivity contribution >= 4 is 22.7 Å². The zero-order valence-electron chi connectivity index (χ0n) is 16.9. The first-order chi connectivity index (χ1) is 14.1. The lowest BCUT2D eigenvalue weighted by Crippen LogP contribution is -2.35. The number of nitrogens with one attached hydrogen (secondary N) is 1. The molecule has 150 valence electrons. The lowest BCUT2D eigenvalue weighted by atomic mass is 9.88. The quantitative estimate of drug-likeness (QED) is 0.653. The zero-order chi connectivity index (χ0) is 20.4. The highest BCUT2D eigenvalue weighted by molar-refractivity contribution is 5.96. The molecular weight excluding hydrogens is 364 g/mol. The summed E-state index contributed by atoms with van der Waals surface area (Å²) in [6, 6.07) is 17.9. The van der Waals surface area contributed by atoms with E-state index < -0.39 is 0 Å². The third-order valence-electron chi connectivity index (χ3n) is 5.77. The van der Waals surface area contributed by atoms with E-state index in [1.165, 1.54) is 5.56 Å². The van der Waals surface area contributed by atoms with Gasteiger partial charge in [0.1, 0.15) is 5.69 Å². The van der Waals surface area contributed by atoms with Gasteiger partial charge in [-0.25, -0.2) is 4.79 Å². The predicted molar refractivity (Wildman–Crippen MR) is 113 cm³/mol. The van der Waals surface area contributed by atoms with E-state index in [9.17, 15) is 9.59 Å². The van der Waals surface area contributed by atoms with Crippen molar-refractivity contribution < 1.29 is 14.3 Å². The van der Waals surface area contributed by atoms with Crippen molar-refractivity contribution in [2.45, 2.75) is 31.7 Å². The maximum absolute atomic E-state index is 13.1. The van der Waals surface area contributed by atoms with Crippen LogP contribution >= 0.6 is 0 Å². The molecule has 2 atom stereocenters. The SMILES string of the molecule is CCOC(=O)c1cc2cc(CC(=O)[C@H]3NCC[C@H]3c3ccccc3)ccc2n1C. The van der Waals surface area contributed by atoms with Crippen LogP contribution in [-0.2, 0) is 23.0 Å². The van der Waals surface area contributed by atoms with E-state index >= 15 is 0 Å². The number of esters is 1. The van der Waals surface area contributed by atoms with Gasteiger partial charge in [0.25, 0.3) is 0 Å². The molecule has 4 rings (SSSR count). The molecule has 1 saturated heterocycles. The van der Waals surface area contributed by atoms with Gasteiger partial charge in [0, 0.05) is 30.3 Å². The summed E-state index contributed by atoms with van der Waals surface area (Å²) in [5.74, 6) is 0.0986. The summed E-state index contributed by atoms with van der Waals surface area (Å²) in [6.07, 6.45) is 1.35. The second-order valence-corrected chi connectivity index (χ2v) is 7.58. The number of nitrogens with zero attached hydrogens (tertiary/aromatic N) is 1. The van der Waals surface area contributed by atoms with Crippen molar-refractivity contribution in [1.82, 2.24) is 9.88 Å². The Morgan fingerprint density at radius 2 is 1.93 bits per heavy atom. The topological polar surface area (TPSA) is 60.3 Å². The first-order valence-corrected chi connectivity index (χ1v) is 10.1. The van der Waals surface area contributed by atoms with Gasteiger partial charge in [-0.1, -0.05) is 36.4 Å². The Kier molecular flexibility index (Phi) is 5.49. The van der Waals surface area contributed by atoms with Crippen molar-refractivity contribution in [1.29, 1.82) is 0 Å². The van der Waals surface area contributed by atoms with Crippen LogP contribution in [0, 0.1) is 0 Å². The molecule has 1 aliphatic rings. The van der Waals surface area contributed by atoms with Gasteiger partial charge in [0.15, 0.2) is 5.78 Å². The van der Waals surface area contributed by atoms with Crippen LogP contribution < -0.4 is 5.32 Å². The summed E-state index contributed by atoms with van der Waals surface area (Å²) < 4.78 is 6.97. The Morgan fingerprint density at radius 1 is 1.14 bits per heavy atom. The molecular formula is C24H26N2O3. The summed E-state index contributed by atoms with van der Waals surface area (Å²) in [6.45, 7) is 3.00. The van der Waals surface area contributed by atoms with Gasteiger partial charge in [0.05, 0.1) is 12.6 Å². The number of aryl methyl sites for hydroxylation is 1. The molecule has 0 spiro atoms. The van der Waals surface area contributed by atoms with Crippen LogP contribution in [0.25, 0.3) is 10.9 Å². The molecule has 1 N–H and O–H groups in total. The molecule has 0 radical (unpaired) electrons. The molecule has 0 aliphatic carbocycles. The van der Waals surface area contributed by atoms with Crippen LogP contribution in [-0.4, -0.2) is 35.5 Å². The number of ether oxygens (including phenoxy) is 1. The molecule has 0 bridgehead atoms. The van der Waals surface area contributed by atoms with E-state index in [1.54, 1.807) is 6.92 Å². The second kappa shape index (κ2) is 8.21. The van der Waals surface area contributed by atoms with Crippen LogP contribution in [0.3, 0.4) is 0 Å². The van der Waals surface area contributed by atoms with E-state index in [2.05, 4.69) is 17.4 Å². The van der Waals surface area contributed by atoms with Crippen molar-refractivity contribution in [3.63, 3.8) is 0 Å². The fourth-order valence-electron chi connectivity index (χ4n) is 4.32. The lowest BCUT2D eigenvalue weighted by Gasteiger charge is -2.19. The number of benzene rings is 2. The molecule has 3 aromatic rings. The third kappa shape index (κ3) is 3.83. The third-order valence-corrected chi connectivity index (χ3v) is 5.77. The van der Waals surface area contributed by atoms with E-state index in [0.29, 0.717) is 18.7 Å². The maximum atomic E-state index is 13.1.